The molecule has 0 saturated heterocycles. The van der Waals surface area contributed by atoms with Gasteiger partial charge in [-0.05, 0) is 35.4 Å². The molecule has 0 bridgehead atoms. The van der Waals surface area contributed by atoms with Crippen LogP contribution >= 0.6 is 0 Å². The van der Waals surface area contributed by atoms with Gasteiger partial charge in [0.05, 0.1) is 6.10 Å². The summed E-state index contributed by atoms with van der Waals surface area (Å²) in [4.78, 5) is 4.00. The summed E-state index contributed by atoms with van der Waals surface area (Å²) in [6, 6.07) is 3.87. The summed E-state index contributed by atoms with van der Waals surface area (Å²) in [6.07, 6.45) is 3.87. The van der Waals surface area contributed by atoms with Crippen molar-refractivity contribution in [2.24, 2.45) is 17.1 Å². The summed E-state index contributed by atoms with van der Waals surface area (Å²) in [7, 11) is 0. The molecule has 1 rings (SSSR count). The third-order valence-electron chi connectivity index (χ3n) is 3.93. The highest BCUT2D eigenvalue weighted by atomic mass is 16.3. The number of pyridine rings is 1. The minimum atomic E-state index is -0.397. The number of rotatable bonds is 5. The van der Waals surface area contributed by atoms with Crippen LogP contribution in [0.4, 0.5) is 0 Å². The number of nitrogens with zero attached hydrogens (tertiary/aromatic N) is 1. The first-order valence-corrected chi connectivity index (χ1v) is 6.64. The molecule has 0 aromatic carbocycles. The van der Waals surface area contributed by atoms with E-state index in [-0.39, 0.29) is 11.3 Å². The van der Waals surface area contributed by atoms with Crippen molar-refractivity contribution >= 4 is 0 Å². The van der Waals surface area contributed by atoms with E-state index in [1.54, 1.807) is 12.4 Å². The van der Waals surface area contributed by atoms with Crippen molar-refractivity contribution in [3.63, 3.8) is 0 Å². The van der Waals surface area contributed by atoms with Crippen molar-refractivity contribution in [3.05, 3.63) is 30.1 Å². The van der Waals surface area contributed by atoms with Crippen molar-refractivity contribution in [1.29, 1.82) is 0 Å². The smallest absolute Gasteiger partial charge is 0.0623 e. The molecular formula is C15H26N2O. The fourth-order valence-corrected chi connectivity index (χ4v) is 2.01. The molecule has 3 nitrogen and oxygen atoms in total. The number of nitrogens with two attached hydrogens (primary N) is 1. The monoisotopic (exact) mass is 250 g/mol. The van der Waals surface area contributed by atoms with Gasteiger partial charge in [-0.1, -0.05) is 27.7 Å². The Kier molecular flexibility index (Phi) is 5.29. The Morgan fingerprint density at radius 1 is 1.28 bits per heavy atom. The van der Waals surface area contributed by atoms with Crippen LogP contribution in [-0.4, -0.2) is 22.7 Å². The normalized spacial score (nSPS) is 17.2. The number of aromatic nitrogens is 1. The third-order valence-corrected chi connectivity index (χ3v) is 3.93. The third kappa shape index (κ3) is 4.07. The van der Waals surface area contributed by atoms with Gasteiger partial charge in [0.1, 0.15) is 0 Å². The van der Waals surface area contributed by atoms with Crippen molar-refractivity contribution < 1.29 is 5.11 Å². The highest BCUT2D eigenvalue weighted by Gasteiger charge is 2.27. The summed E-state index contributed by atoms with van der Waals surface area (Å²) in [6.45, 7) is 9.25. The summed E-state index contributed by atoms with van der Waals surface area (Å²) in [5, 5.41) is 10.4. The molecule has 1 heterocycles. The Balaban J connectivity index is 2.72. The molecule has 18 heavy (non-hydrogen) atoms. The summed E-state index contributed by atoms with van der Waals surface area (Å²) < 4.78 is 0. The molecule has 3 N–H and O–H groups in total. The van der Waals surface area contributed by atoms with Crippen LogP contribution in [0.1, 0.15) is 45.6 Å². The van der Waals surface area contributed by atoms with Gasteiger partial charge in [-0.15, -0.1) is 0 Å². The zero-order valence-electron chi connectivity index (χ0n) is 11.9. The quantitative estimate of drug-likeness (QED) is 0.844. The zero-order valence-corrected chi connectivity index (χ0v) is 11.9. The maximum absolute atomic E-state index is 10.4. The molecule has 3 atom stereocenters. The second-order valence-electron chi connectivity index (χ2n) is 6.19. The maximum atomic E-state index is 10.4. The van der Waals surface area contributed by atoms with E-state index in [1.807, 2.05) is 12.1 Å². The average molecular weight is 250 g/mol. The SMILES string of the molecule is CC(CC(O)C(CN)c1ccncc1)C(C)(C)C. The number of aliphatic hydroxyl groups excluding tert-OH is 1. The van der Waals surface area contributed by atoms with Gasteiger partial charge < -0.3 is 10.8 Å². The van der Waals surface area contributed by atoms with Gasteiger partial charge in [-0.2, -0.15) is 0 Å². The fourth-order valence-electron chi connectivity index (χ4n) is 2.01. The molecule has 0 aliphatic rings. The largest absolute Gasteiger partial charge is 0.392 e. The minimum Gasteiger partial charge on any atom is -0.392 e. The van der Waals surface area contributed by atoms with Crippen LogP contribution in [0, 0.1) is 11.3 Å². The highest BCUT2D eigenvalue weighted by Crippen LogP contribution is 2.32. The van der Waals surface area contributed by atoms with Crippen LogP contribution in [0.2, 0.25) is 0 Å². The molecule has 102 valence electrons. The highest BCUT2D eigenvalue weighted by molar-refractivity contribution is 5.17. The molecule has 3 heteroatoms. The van der Waals surface area contributed by atoms with Gasteiger partial charge in [0, 0.05) is 24.9 Å². The molecule has 0 aliphatic heterocycles. The molecule has 0 amide bonds. The lowest BCUT2D eigenvalue weighted by Crippen LogP contribution is -2.30. The lowest BCUT2D eigenvalue weighted by atomic mass is 9.76. The fraction of sp³-hybridized carbons (Fsp3) is 0.667. The predicted molar refractivity (Wildman–Crippen MR) is 75.3 cm³/mol. The van der Waals surface area contributed by atoms with E-state index >= 15 is 0 Å². The van der Waals surface area contributed by atoms with Crippen molar-refractivity contribution in [1.82, 2.24) is 4.98 Å². The molecule has 1 aromatic heterocycles. The van der Waals surface area contributed by atoms with E-state index < -0.39 is 6.10 Å². The first kappa shape index (κ1) is 15.1. The molecule has 3 unspecified atom stereocenters. The molecule has 0 saturated carbocycles. The van der Waals surface area contributed by atoms with E-state index in [0.717, 1.165) is 12.0 Å². The van der Waals surface area contributed by atoms with Crippen molar-refractivity contribution in [2.45, 2.75) is 46.1 Å². The van der Waals surface area contributed by atoms with E-state index in [2.05, 4.69) is 32.7 Å². The predicted octanol–water partition coefficient (Wildman–Crippen LogP) is 2.56. The zero-order chi connectivity index (χ0) is 13.8. The van der Waals surface area contributed by atoms with E-state index in [1.165, 1.54) is 0 Å². The Bertz CT molecular complexity index is 345. The second kappa shape index (κ2) is 6.30. The van der Waals surface area contributed by atoms with Gasteiger partial charge in [-0.3, -0.25) is 4.98 Å². The topological polar surface area (TPSA) is 59.1 Å². The molecule has 0 aliphatic carbocycles. The Morgan fingerprint density at radius 3 is 2.28 bits per heavy atom. The Hall–Kier alpha value is -0.930. The summed E-state index contributed by atoms with van der Waals surface area (Å²) in [5.74, 6) is 0.446. The van der Waals surface area contributed by atoms with Gasteiger partial charge in [0.25, 0.3) is 0 Å². The lowest BCUT2D eigenvalue weighted by molar-refractivity contribution is 0.0894. The molecular weight excluding hydrogens is 224 g/mol. The Morgan fingerprint density at radius 2 is 1.83 bits per heavy atom. The van der Waals surface area contributed by atoms with Gasteiger partial charge in [-0.25, -0.2) is 0 Å². The van der Waals surface area contributed by atoms with Crippen LogP contribution in [0.15, 0.2) is 24.5 Å². The molecule has 0 radical (unpaired) electrons. The lowest BCUT2D eigenvalue weighted by Gasteiger charge is -2.31. The van der Waals surface area contributed by atoms with Crippen LogP contribution < -0.4 is 5.73 Å². The van der Waals surface area contributed by atoms with Crippen LogP contribution in [0.25, 0.3) is 0 Å². The number of hydrogen-bond acceptors (Lipinski definition) is 3. The van der Waals surface area contributed by atoms with Crippen LogP contribution in [0.3, 0.4) is 0 Å². The minimum absolute atomic E-state index is 0.00204. The van der Waals surface area contributed by atoms with Gasteiger partial charge in [0.15, 0.2) is 0 Å². The van der Waals surface area contributed by atoms with E-state index in [4.69, 9.17) is 5.73 Å². The number of aliphatic hydroxyl groups is 1. The second-order valence-corrected chi connectivity index (χ2v) is 6.19. The molecule has 0 spiro atoms. The average Bonchev–Trinajstić information content (AvgIpc) is 2.30. The van der Waals surface area contributed by atoms with E-state index in [0.29, 0.717) is 12.5 Å². The molecule has 0 fully saturated rings. The van der Waals surface area contributed by atoms with Crippen molar-refractivity contribution in [3.8, 4) is 0 Å². The first-order chi connectivity index (χ1) is 8.36. The Labute approximate surface area is 110 Å². The number of hydrogen-bond donors (Lipinski definition) is 2. The van der Waals surface area contributed by atoms with Gasteiger partial charge in [0.2, 0.25) is 0 Å². The first-order valence-electron chi connectivity index (χ1n) is 6.64. The van der Waals surface area contributed by atoms with Crippen LogP contribution in [0.5, 0.6) is 0 Å². The van der Waals surface area contributed by atoms with Crippen LogP contribution in [-0.2, 0) is 0 Å². The van der Waals surface area contributed by atoms with Crippen molar-refractivity contribution in [2.75, 3.05) is 6.54 Å². The van der Waals surface area contributed by atoms with E-state index in [9.17, 15) is 5.11 Å². The standard InChI is InChI=1S/C15H26N2O/c1-11(15(2,3)4)9-14(18)13(10-16)12-5-7-17-8-6-12/h5-8,11,13-14,18H,9-10,16H2,1-4H3. The molecule has 1 aromatic rings. The summed E-state index contributed by atoms with van der Waals surface area (Å²) in [5.41, 5.74) is 7.09. The maximum Gasteiger partial charge on any atom is 0.0623 e. The van der Waals surface area contributed by atoms with Gasteiger partial charge >= 0.3 is 0 Å². The summed E-state index contributed by atoms with van der Waals surface area (Å²) >= 11 is 0.